The van der Waals surface area contributed by atoms with E-state index in [2.05, 4.69) is 36.9 Å². The first-order valence-electron chi connectivity index (χ1n) is 14.0. The Labute approximate surface area is 251 Å². The second kappa shape index (κ2) is 12.2. The number of anilines is 2. The highest BCUT2D eigenvalue weighted by Gasteiger charge is 2.43. The van der Waals surface area contributed by atoms with Crippen LogP contribution in [-0.2, 0) is 9.53 Å². The van der Waals surface area contributed by atoms with Crippen LogP contribution in [0.3, 0.4) is 0 Å². The SMILES string of the molecule is CNc1cncc(C(=O)N2C[C@H](Nc3c(C(=O)N4C[C@@H](C)O[C@@H](C)C4)cc(Br)cc3[N+](=O)[O-])C[C@H]2C(=O)NC2CC2)c1. The van der Waals surface area contributed by atoms with Gasteiger partial charge in [-0.25, -0.2) is 0 Å². The summed E-state index contributed by atoms with van der Waals surface area (Å²) in [5.74, 6) is -1.02. The summed E-state index contributed by atoms with van der Waals surface area (Å²) in [6.45, 7) is 4.53. The number of nitrogens with one attached hydrogen (secondary N) is 3. The van der Waals surface area contributed by atoms with Crippen molar-refractivity contribution in [3.63, 3.8) is 0 Å². The van der Waals surface area contributed by atoms with Crippen molar-refractivity contribution < 1.29 is 24.0 Å². The van der Waals surface area contributed by atoms with E-state index in [1.165, 1.54) is 17.2 Å². The zero-order chi connectivity index (χ0) is 30.1. The molecule has 1 aromatic carbocycles. The van der Waals surface area contributed by atoms with Crippen LogP contribution >= 0.6 is 15.9 Å². The Morgan fingerprint density at radius 1 is 1.05 bits per heavy atom. The molecule has 42 heavy (non-hydrogen) atoms. The number of hydrogen-bond donors (Lipinski definition) is 3. The average Bonchev–Trinajstić information content (AvgIpc) is 3.67. The van der Waals surface area contributed by atoms with Crippen molar-refractivity contribution in [1.82, 2.24) is 20.1 Å². The molecular weight excluding hydrogens is 610 g/mol. The number of ether oxygens (including phenoxy) is 1. The van der Waals surface area contributed by atoms with Gasteiger partial charge in [0.1, 0.15) is 11.7 Å². The van der Waals surface area contributed by atoms with Crippen molar-refractivity contribution in [1.29, 1.82) is 0 Å². The van der Waals surface area contributed by atoms with Gasteiger partial charge in [-0.3, -0.25) is 29.5 Å². The number of nitrogens with zero attached hydrogens (tertiary/aromatic N) is 4. The van der Waals surface area contributed by atoms with Gasteiger partial charge in [0.15, 0.2) is 0 Å². The van der Waals surface area contributed by atoms with Crippen LogP contribution < -0.4 is 16.0 Å². The predicted octanol–water partition coefficient (Wildman–Crippen LogP) is 3.02. The monoisotopic (exact) mass is 643 g/mol. The Bertz CT molecular complexity index is 1390. The Kier molecular flexibility index (Phi) is 8.64. The van der Waals surface area contributed by atoms with E-state index < -0.39 is 17.0 Å². The maximum Gasteiger partial charge on any atom is 0.294 e. The number of morpholine rings is 1. The number of rotatable bonds is 8. The van der Waals surface area contributed by atoms with Crippen LogP contribution in [0.2, 0.25) is 0 Å². The topological polar surface area (TPSA) is 159 Å². The molecule has 1 aliphatic carbocycles. The number of carbonyl (C=O) groups is 3. The van der Waals surface area contributed by atoms with E-state index in [1.54, 1.807) is 30.3 Å². The molecule has 0 bridgehead atoms. The van der Waals surface area contributed by atoms with Gasteiger partial charge in [0.25, 0.3) is 17.5 Å². The summed E-state index contributed by atoms with van der Waals surface area (Å²) in [4.78, 5) is 59.6. The Balaban J connectivity index is 1.46. The van der Waals surface area contributed by atoms with E-state index in [0.717, 1.165) is 12.8 Å². The third-order valence-corrected chi connectivity index (χ3v) is 8.08. The largest absolute Gasteiger partial charge is 0.387 e. The fourth-order valence-electron chi connectivity index (χ4n) is 5.57. The molecule has 3 heterocycles. The normalized spacial score (nSPS) is 23.8. The minimum absolute atomic E-state index is 0.0551. The summed E-state index contributed by atoms with van der Waals surface area (Å²) < 4.78 is 6.15. The quantitative estimate of drug-likeness (QED) is 0.290. The van der Waals surface area contributed by atoms with Crippen LogP contribution in [0.1, 0.15) is 53.8 Å². The van der Waals surface area contributed by atoms with Crippen LogP contribution in [0.15, 0.2) is 35.1 Å². The number of nitro groups is 1. The molecule has 0 radical (unpaired) electrons. The Morgan fingerprint density at radius 2 is 1.76 bits per heavy atom. The third-order valence-electron chi connectivity index (χ3n) is 7.63. The van der Waals surface area contributed by atoms with Crippen molar-refractivity contribution in [2.45, 2.75) is 63.4 Å². The summed E-state index contributed by atoms with van der Waals surface area (Å²) in [5, 5.41) is 21.3. The van der Waals surface area contributed by atoms with Crippen molar-refractivity contribution in [2.24, 2.45) is 0 Å². The molecule has 4 atom stereocenters. The number of nitro benzene ring substituents is 1. The van der Waals surface area contributed by atoms with E-state index in [1.807, 2.05) is 13.8 Å². The van der Waals surface area contributed by atoms with Gasteiger partial charge in [-0.1, -0.05) is 15.9 Å². The first-order chi connectivity index (χ1) is 20.0. The zero-order valence-electron chi connectivity index (χ0n) is 23.6. The molecule has 0 spiro atoms. The number of pyridine rings is 1. The van der Waals surface area contributed by atoms with Crippen molar-refractivity contribution in [2.75, 3.05) is 37.3 Å². The van der Waals surface area contributed by atoms with Crippen molar-refractivity contribution >= 4 is 50.7 Å². The van der Waals surface area contributed by atoms with Gasteiger partial charge in [-0.05, 0) is 45.2 Å². The van der Waals surface area contributed by atoms with Gasteiger partial charge in [-0.15, -0.1) is 0 Å². The fraction of sp³-hybridized carbons (Fsp3) is 0.500. The molecule has 3 aliphatic rings. The maximum atomic E-state index is 13.8. The number of amides is 3. The minimum Gasteiger partial charge on any atom is -0.387 e. The van der Waals surface area contributed by atoms with Crippen LogP contribution in [0, 0.1) is 10.1 Å². The number of carbonyl (C=O) groups excluding carboxylic acids is 3. The van der Waals surface area contributed by atoms with Crippen LogP contribution in [0.25, 0.3) is 0 Å². The summed E-state index contributed by atoms with van der Waals surface area (Å²) in [7, 11) is 1.72. The molecule has 0 unspecified atom stereocenters. The molecule has 5 rings (SSSR count). The van der Waals surface area contributed by atoms with Crippen LogP contribution in [0.4, 0.5) is 17.1 Å². The van der Waals surface area contributed by atoms with E-state index in [0.29, 0.717) is 28.8 Å². The second-order valence-corrected chi connectivity index (χ2v) is 12.0. The van der Waals surface area contributed by atoms with E-state index >= 15 is 0 Å². The molecular formula is C28H34BrN7O6. The Hall–Kier alpha value is -3.78. The predicted molar refractivity (Wildman–Crippen MR) is 159 cm³/mol. The number of halogens is 1. The van der Waals surface area contributed by atoms with Gasteiger partial charge in [0, 0.05) is 61.7 Å². The molecule has 3 amide bonds. The first kappa shape index (κ1) is 29.7. The minimum atomic E-state index is -0.802. The molecule has 14 heteroatoms. The second-order valence-electron chi connectivity index (χ2n) is 11.1. The smallest absolute Gasteiger partial charge is 0.294 e. The number of aromatic nitrogens is 1. The molecule has 1 saturated carbocycles. The summed E-state index contributed by atoms with van der Waals surface area (Å²) >= 11 is 3.32. The van der Waals surface area contributed by atoms with E-state index in [4.69, 9.17) is 4.74 Å². The maximum absolute atomic E-state index is 13.8. The summed E-state index contributed by atoms with van der Waals surface area (Å²) in [6.07, 6.45) is 4.63. The zero-order valence-corrected chi connectivity index (χ0v) is 25.2. The lowest BCUT2D eigenvalue weighted by Gasteiger charge is -2.35. The standard InChI is InChI=1S/C28H34BrN7O6/c1-15-12-34(13-16(2)42-15)28(39)22-7-18(29)8-23(36(40)41)25(22)32-21-9-24(26(37)33-19-4-5-19)35(14-21)27(38)17-6-20(30-3)11-31-10-17/h6-8,10-11,15-16,19,21,24,30,32H,4-5,9,12-14H2,1-3H3,(H,33,37)/t15-,16+,21-,24+/m1/s1. The summed E-state index contributed by atoms with van der Waals surface area (Å²) in [6, 6.07) is 3.31. The average molecular weight is 645 g/mol. The highest BCUT2D eigenvalue weighted by atomic mass is 79.9. The van der Waals surface area contributed by atoms with Gasteiger partial charge < -0.3 is 30.5 Å². The van der Waals surface area contributed by atoms with Crippen molar-refractivity contribution in [3.05, 3.63) is 56.3 Å². The lowest BCUT2D eigenvalue weighted by molar-refractivity contribution is -0.384. The molecule has 3 N–H and O–H groups in total. The molecule has 224 valence electrons. The summed E-state index contributed by atoms with van der Waals surface area (Å²) in [5.41, 5.74) is 0.866. The molecule has 2 aromatic rings. The first-order valence-corrected chi connectivity index (χ1v) is 14.8. The van der Waals surface area contributed by atoms with Gasteiger partial charge in [0.05, 0.1) is 33.9 Å². The number of hydrogen-bond acceptors (Lipinski definition) is 9. The van der Waals surface area contributed by atoms with Gasteiger partial charge in [0.2, 0.25) is 5.91 Å². The number of likely N-dealkylation sites (tertiary alicyclic amines) is 1. The fourth-order valence-corrected chi connectivity index (χ4v) is 6.02. The van der Waals surface area contributed by atoms with Crippen LogP contribution in [0.5, 0.6) is 0 Å². The van der Waals surface area contributed by atoms with Gasteiger partial charge in [-0.2, -0.15) is 0 Å². The molecule has 3 fully saturated rings. The molecule has 2 aliphatic heterocycles. The van der Waals surface area contributed by atoms with E-state index in [9.17, 15) is 24.5 Å². The van der Waals surface area contributed by atoms with Crippen LogP contribution in [-0.4, -0.2) is 94.4 Å². The highest BCUT2D eigenvalue weighted by molar-refractivity contribution is 9.10. The Morgan fingerprint density at radius 3 is 2.40 bits per heavy atom. The third kappa shape index (κ3) is 6.49. The van der Waals surface area contributed by atoms with Gasteiger partial charge >= 0.3 is 0 Å². The van der Waals surface area contributed by atoms with Crippen molar-refractivity contribution in [3.8, 4) is 0 Å². The lowest BCUT2D eigenvalue weighted by atomic mass is 10.1. The molecule has 2 saturated heterocycles. The highest BCUT2D eigenvalue weighted by Crippen LogP contribution is 2.36. The molecule has 1 aromatic heterocycles. The van der Waals surface area contributed by atoms with E-state index in [-0.39, 0.29) is 65.9 Å². The lowest BCUT2D eigenvalue weighted by Crippen LogP contribution is -2.48. The molecule has 13 nitrogen and oxygen atoms in total. The number of benzene rings is 1.